The average molecular weight is 428 g/mol. The maximum absolute atomic E-state index is 11.9. The third-order valence-corrected chi connectivity index (χ3v) is 7.09. The molecule has 0 unspecified atom stereocenters. The van der Waals surface area contributed by atoms with Crippen LogP contribution in [0.15, 0.2) is 47.7 Å². The Morgan fingerprint density at radius 3 is 2.91 bits per heavy atom. The molecule has 32 heavy (non-hydrogen) atoms. The van der Waals surface area contributed by atoms with E-state index in [2.05, 4.69) is 46.8 Å². The number of rotatable bonds is 3. The zero-order chi connectivity index (χ0) is 22.0. The van der Waals surface area contributed by atoms with Crippen LogP contribution in [0.2, 0.25) is 0 Å². The number of furan rings is 1. The fourth-order valence-corrected chi connectivity index (χ4v) is 5.38. The van der Waals surface area contributed by atoms with Crippen molar-refractivity contribution in [1.29, 1.82) is 0 Å². The Morgan fingerprint density at radius 1 is 1.25 bits per heavy atom. The summed E-state index contributed by atoms with van der Waals surface area (Å²) in [5, 5.41) is 8.41. The average Bonchev–Trinajstić information content (AvgIpc) is 3.50. The van der Waals surface area contributed by atoms with Crippen molar-refractivity contribution in [3.63, 3.8) is 0 Å². The van der Waals surface area contributed by atoms with E-state index >= 15 is 0 Å². The Labute approximate surface area is 185 Å². The Balaban J connectivity index is 1.43. The number of aryl methyl sites for hydroxylation is 2. The molecule has 2 saturated heterocycles. The second-order valence-electron chi connectivity index (χ2n) is 9.28. The number of carbonyl (C=O) groups excluding carboxylic acids is 1. The minimum atomic E-state index is 0.0219. The summed E-state index contributed by atoms with van der Waals surface area (Å²) in [6.45, 7) is 11.2. The fraction of sp³-hybridized carbons (Fsp3) is 0.320. The first kappa shape index (κ1) is 19.1. The van der Waals surface area contributed by atoms with E-state index in [0.717, 1.165) is 77.1 Å². The highest BCUT2D eigenvalue weighted by Crippen LogP contribution is 2.43. The molecule has 2 fully saturated rings. The van der Waals surface area contributed by atoms with Crippen LogP contribution in [0, 0.1) is 19.3 Å². The van der Waals surface area contributed by atoms with Gasteiger partial charge in [0.25, 0.3) is 0 Å². The largest absolute Gasteiger partial charge is 0.462 e. The third-order valence-electron chi connectivity index (χ3n) is 7.09. The third kappa shape index (κ3) is 2.70. The number of aromatic nitrogens is 3. The van der Waals surface area contributed by atoms with E-state index < -0.39 is 0 Å². The summed E-state index contributed by atoms with van der Waals surface area (Å²) in [7, 11) is 0. The molecular formula is C25H25N5O2. The Kier molecular flexibility index (Phi) is 4.00. The highest BCUT2D eigenvalue weighted by atomic mass is 16.3. The number of fused-ring (bicyclic) bond motifs is 2. The molecule has 1 spiro atoms. The quantitative estimate of drug-likeness (QED) is 0.496. The summed E-state index contributed by atoms with van der Waals surface area (Å²) in [5.41, 5.74) is 7.23. The number of benzene rings is 1. The minimum Gasteiger partial charge on any atom is -0.462 e. The Hall–Kier alpha value is -3.61. The van der Waals surface area contributed by atoms with Gasteiger partial charge in [0, 0.05) is 48.1 Å². The number of likely N-dealkylation sites (tertiary alicyclic amines) is 1. The van der Waals surface area contributed by atoms with Crippen molar-refractivity contribution in [1.82, 2.24) is 20.1 Å². The van der Waals surface area contributed by atoms with Crippen molar-refractivity contribution in [3.05, 3.63) is 54.4 Å². The number of amides is 1. The van der Waals surface area contributed by atoms with Gasteiger partial charge in [0.1, 0.15) is 11.3 Å². The van der Waals surface area contributed by atoms with Gasteiger partial charge in [0.15, 0.2) is 5.58 Å². The summed E-state index contributed by atoms with van der Waals surface area (Å²) in [6, 6.07) is 6.33. The van der Waals surface area contributed by atoms with Crippen molar-refractivity contribution in [2.45, 2.75) is 20.3 Å². The first-order valence-electron chi connectivity index (χ1n) is 11.0. The Morgan fingerprint density at radius 2 is 2.09 bits per heavy atom. The van der Waals surface area contributed by atoms with Gasteiger partial charge < -0.3 is 14.2 Å². The lowest BCUT2D eigenvalue weighted by Gasteiger charge is -2.47. The van der Waals surface area contributed by atoms with Crippen LogP contribution in [0.3, 0.4) is 0 Å². The smallest absolute Gasteiger partial charge is 0.245 e. The van der Waals surface area contributed by atoms with Crippen LogP contribution in [-0.2, 0) is 4.79 Å². The summed E-state index contributed by atoms with van der Waals surface area (Å²) >= 11 is 0. The van der Waals surface area contributed by atoms with Gasteiger partial charge in [-0.3, -0.25) is 9.89 Å². The standard InChI is InChI=1S/C25H25N5O2/c1-4-21(31)30-13-25(14-30)7-8-29(12-25)20-9-17(24-23(27-20)16(3)11-32-24)22-15(2)5-6-19-18(22)10-26-28-19/h4-6,9-11H,1,7-8,12-14H2,2-3H3,(H,26,28). The first-order valence-corrected chi connectivity index (χ1v) is 11.0. The van der Waals surface area contributed by atoms with Crippen molar-refractivity contribution in [3.8, 4) is 11.1 Å². The van der Waals surface area contributed by atoms with Crippen molar-refractivity contribution in [2.75, 3.05) is 31.1 Å². The molecule has 162 valence electrons. The SMILES string of the molecule is C=CC(=O)N1CC2(CCN(c3cc(-c4c(C)ccc5[nH]ncc45)c4occ(C)c4n3)C2)C1. The molecule has 7 heteroatoms. The molecule has 2 aliphatic heterocycles. The molecular weight excluding hydrogens is 402 g/mol. The summed E-state index contributed by atoms with van der Waals surface area (Å²) in [5.74, 6) is 0.982. The predicted molar refractivity (Wildman–Crippen MR) is 125 cm³/mol. The van der Waals surface area contributed by atoms with Crippen molar-refractivity contribution >= 4 is 33.7 Å². The number of carbonyl (C=O) groups is 1. The van der Waals surface area contributed by atoms with Crippen LogP contribution in [0.25, 0.3) is 33.1 Å². The normalized spacial score (nSPS) is 17.4. The lowest BCUT2D eigenvalue weighted by molar-refractivity contribution is -0.136. The monoisotopic (exact) mass is 427 g/mol. The number of hydrogen-bond donors (Lipinski definition) is 1. The van der Waals surface area contributed by atoms with E-state index in [9.17, 15) is 4.79 Å². The molecule has 7 nitrogen and oxygen atoms in total. The molecule has 0 saturated carbocycles. The summed E-state index contributed by atoms with van der Waals surface area (Å²) < 4.78 is 5.99. The van der Waals surface area contributed by atoms with Crippen LogP contribution < -0.4 is 4.90 Å². The molecule has 2 aliphatic rings. The highest BCUT2D eigenvalue weighted by molar-refractivity contribution is 6.04. The van der Waals surface area contributed by atoms with Crippen LogP contribution in [0.5, 0.6) is 0 Å². The zero-order valence-corrected chi connectivity index (χ0v) is 18.3. The lowest BCUT2D eigenvalue weighted by atomic mass is 9.79. The van der Waals surface area contributed by atoms with Crippen LogP contribution >= 0.6 is 0 Å². The molecule has 1 N–H and O–H groups in total. The lowest BCUT2D eigenvalue weighted by Crippen LogP contribution is -2.59. The molecule has 6 rings (SSSR count). The fourth-order valence-electron chi connectivity index (χ4n) is 5.38. The van der Waals surface area contributed by atoms with Gasteiger partial charge in [0.2, 0.25) is 5.91 Å². The maximum Gasteiger partial charge on any atom is 0.245 e. The number of hydrogen-bond acceptors (Lipinski definition) is 5. The van der Waals surface area contributed by atoms with Gasteiger partial charge in [0.05, 0.1) is 18.0 Å². The molecule has 0 atom stereocenters. The molecule has 0 radical (unpaired) electrons. The molecule has 0 bridgehead atoms. The number of pyridine rings is 1. The van der Waals surface area contributed by atoms with Crippen molar-refractivity contribution in [2.24, 2.45) is 5.41 Å². The molecule has 5 heterocycles. The van der Waals surface area contributed by atoms with Gasteiger partial charge in [-0.2, -0.15) is 5.10 Å². The topological polar surface area (TPSA) is 78.3 Å². The molecule has 0 aliphatic carbocycles. The maximum atomic E-state index is 11.9. The van der Waals surface area contributed by atoms with E-state index in [1.54, 1.807) is 6.26 Å². The first-order chi connectivity index (χ1) is 15.5. The van der Waals surface area contributed by atoms with Crippen LogP contribution in [0.1, 0.15) is 17.5 Å². The summed E-state index contributed by atoms with van der Waals surface area (Å²) in [4.78, 5) is 21.2. The number of aromatic amines is 1. The van der Waals surface area contributed by atoms with Gasteiger partial charge in [-0.25, -0.2) is 4.98 Å². The van der Waals surface area contributed by atoms with E-state index in [0.29, 0.717) is 0 Å². The molecule has 1 amide bonds. The molecule has 1 aromatic carbocycles. The van der Waals surface area contributed by atoms with Gasteiger partial charge >= 0.3 is 0 Å². The summed E-state index contributed by atoms with van der Waals surface area (Å²) in [6.07, 6.45) is 6.13. The van der Waals surface area contributed by atoms with E-state index in [4.69, 9.17) is 9.40 Å². The number of anilines is 1. The van der Waals surface area contributed by atoms with Crippen LogP contribution in [-0.4, -0.2) is 52.2 Å². The van der Waals surface area contributed by atoms with Crippen LogP contribution in [0.4, 0.5) is 5.82 Å². The van der Waals surface area contributed by atoms with Crippen molar-refractivity contribution < 1.29 is 9.21 Å². The second kappa shape index (κ2) is 6.69. The van der Waals surface area contributed by atoms with E-state index in [1.807, 2.05) is 18.0 Å². The number of nitrogens with zero attached hydrogens (tertiary/aromatic N) is 4. The molecule has 3 aromatic heterocycles. The Bertz CT molecular complexity index is 1390. The van der Waals surface area contributed by atoms with Gasteiger partial charge in [-0.05, 0) is 49.6 Å². The van der Waals surface area contributed by atoms with Gasteiger partial charge in [-0.15, -0.1) is 0 Å². The highest BCUT2D eigenvalue weighted by Gasteiger charge is 2.49. The zero-order valence-electron chi connectivity index (χ0n) is 18.3. The molecule has 4 aromatic rings. The van der Waals surface area contributed by atoms with Gasteiger partial charge in [-0.1, -0.05) is 12.6 Å². The number of nitrogens with one attached hydrogen (secondary N) is 1. The predicted octanol–water partition coefficient (Wildman–Crippen LogP) is 4.21. The minimum absolute atomic E-state index is 0.0219. The number of H-pyrrole nitrogens is 1. The van der Waals surface area contributed by atoms with E-state index in [1.165, 1.54) is 11.6 Å². The van der Waals surface area contributed by atoms with E-state index in [-0.39, 0.29) is 11.3 Å². The second-order valence-corrected chi connectivity index (χ2v) is 9.28.